The fourth-order valence-electron chi connectivity index (χ4n) is 3.64. The third-order valence-corrected chi connectivity index (χ3v) is 5.58. The zero-order valence-electron chi connectivity index (χ0n) is 18.7. The third-order valence-electron chi connectivity index (χ3n) is 5.58. The fourth-order valence-corrected chi connectivity index (χ4v) is 3.64. The summed E-state index contributed by atoms with van der Waals surface area (Å²) < 4.78 is 5.63. The van der Waals surface area contributed by atoms with Crippen LogP contribution in [0.1, 0.15) is 48.2 Å². The molecule has 1 aromatic carbocycles. The van der Waals surface area contributed by atoms with E-state index in [0.29, 0.717) is 18.4 Å². The number of nitrogens with zero attached hydrogens (tertiary/aromatic N) is 3. The van der Waals surface area contributed by atoms with E-state index in [0.717, 1.165) is 50.1 Å². The van der Waals surface area contributed by atoms with Gasteiger partial charge in [-0.05, 0) is 65.1 Å². The van der Waals surface area contributed by atoms with Crippen molar-refractivity contribution in [3.05, 3.63) is 52.7 Å². The van der Waals surface area contributed by atoms with Crippen LogP contribution in [0.25, 0.3) is 0 Å². The molecule has 0 aliphatic carbocycles. The summed E-state index contributed by atoms with van der Waals surface area (Å²) in [6.45, 7) is 13.7. The summed E-state index contributed by atoms with van der Waals surface area (Å²) in [7, 11) is 0. The number of guanidine groups is 1. The molecule has 0 radical (unpaired) electrons. The van der Waals surface area contributed by atoms with Gasteiger partial charge in [-0.1, -0.05) is 29.8 Å². The molecular weight excluding hydrogens is 489 g/mol. The van der Waals surface area contributed by atoms with Crippen molar-refractivity contribution in [2.24, 2.45) is 10.9 Å². The van der Waals surface area contributed by atoms with Crippen molar-refractivity contribution in [1.82, 2.24) is 20.5 Å². The average Bonchev–Trinajstić information content (AvgIpc) is 3.04. The third kappa shape index (κ3) is 7.58. The first-order valence-corrected chi connectivity index (χ1v) is 10.8. The van der Waals surface area contributed by atoms with E-state index in [1.54, 1.807) is 0 Å². The van der Waals surface area contributed by atoms with Gasteiger partial charge in [-0.3, -0.25) is 4.90 Å². The number of oxazole rings is 1. The molecule has 2 N–H and O–H groups in total. The molecule has 1 fully saturated rings. The quantitative estimate of drug-likeness (QED) is 0.323. The maximum atomic E-state index is 5.63. The molecule has 3 rings (SSSR count). The highest BCUT2D eigenvalue weighted by Crippen LogP contribution is 2.18. The van der Waals surface area contributed by atoms with Gasteiger partial charge in [0.15, 0.2) is 5.96 Å². The minimum atomic E-state index is 0. The number of likely N-dealkylation sites (tertiary alicyclic amines) is 1. The maximum Gasteiger partial charge on any atom is 0.216 e. The minimum absolute atomic E-state index is 0. The Morgan fingerprint density at radius 2 is 1.83 bits per heavy atom. The van der Waals surface area contributed by atoms with Gasteiger partial charge in [-0.15, -0.1) is 24.0 Å². The monoisotopic (exact) mass is 525 g/mol. The Balaban J connectivity index is 0.00000320. The maximum absolute atomic E-state index is 5.63. The Morgan fingerprint density at radius 1 is 1.13 bits per heavy atom. The van der Waals surface area contributed by atoms with Crippen LogP contribution >= 0.6 is 24.0 Å². The number of aryl methyl sites for hydroxylation is 3. The number of aliphatic imine (C=N–C) groups is 1. The Morgan fingerprint density at radius 3 is 2.43 bits per heavy atom. The van der Waals surface area contributed by atoms with Gasteiger partial charge in [0.2, 0.25) is 5.89 Å². The van der Waals surface area contributed by atoms with E-state index in [1.807, 2.05) is 13.8 Å². The molecule has 30 heavy (non-hydrogen) atoms. The van der Waals surface area contributed by atoms with Crippen LogP contribution in [0, 0.1) is 26.7 Å². The molecule has 0 spiro atoms. The lowest BCUT2D eigenvalue weighted by atomic mass is 9.96. The Labute approximate surface area is 198 Å². The van der Waals surface area contributed by atoms with Crippen LogP contribution in [0.2, 0.25) is 0 Å². The summed E-state index contributed by atoms with van der Waals surface area (Å²) in [5, 5.41) is 6.82. The average molecular weight is 525 g/mol. The number of hydrogen-bond acceptors (Lipinski definition) is 4. The summed E-state index contributed by atoms with van der Waals surface area (Å²) in [6.07, 6.45) is 2.44. The van der Waals surface area contributed by atoms with Gasteiger partial charge in [0.25, 0.3) is 0 Å². The lowest BCUT2D eigenvalue weighted by Crippen LogP contribution is -2.42. The second-order valence-corrected chi connectivity index (χ2v) is 8.03. The van der Waals surface area contributed by atoms with Gasteiger partial charge in [-0.25, -0.2) is 9.98 Å². The van der Waals surface area contributed by atoms with E-state index in [-0.39, 0.29) is 24.0 Å². The highest BCUT2D eigenvalue weighted by Gasteiger charge is 2.19. The molecule has 2 aromatic rings. The lowest BCUT2D eigenvalue weighted by molar-refractivity contribution is 0.178. The predicted octanol–water partition coefficient (Wildman–Crippen LogP) is 4.19. The van der Waals surface area contributed by atoms with Gasteiger partial charge in [0.1, 0.15) is 12.3 Å². The molecule has 1 aliphatic rings. The van der Waals surface area contributed by atoms with Crippen LogP contribution in [0.15, 0.2) is 33.7 Å². The molecule has 0 amide bonds. The normalized spacial score (nSPS) is 15.7. The van der Waals surface area contributed by atoms with E-state index < -0.39 is 0 Å². The second-order valence-electron chi connectivity index (χ2n) is 8.03. The van der Waals surface area contributed by atoms with Crippen molar-refractivity contribution in [3.8, 4) is 0 Å². The molecule has 7 heteroatoms. The van der Waals surface area contributed by atoms with E-state index in [1.165, 1.54) is 24.0 Å². The lowest BCUT2D eigenvalue weighted by Gasteiger charge is -2.32. The standard InChI is InChI=1S/C23H35N5O.HI/c1-5-24-23(26-15-22-27-18(3)19(4)29-22)25-14-20-10-12-28(13-11-20)16-21-8-6-17(2)7-9-21;/h6-9,20H,5,10-16H2,1-4H3,(H2,24,25,26);1H. The fraction of sp³-hybridized carbons (Fsp3) is 0.565. The molecule has 0 unspecified atom stereocenters. The van der Waals surface area contributed by atoms with Crippen molar-refractivity contribution in [3.63, 3.8) is 0 Å². The van der Waals surface area contributed by atoms with Crippen LogP contribution in [-0.4, -0.2) is 42.0 Å². The number of benzene rings is 1. The predicted molar refractivity (Wildman–Crippen MR) is 133 cm³/mol. The van der Waals surface area contributed by atoms with Crippen LogP contribution in [0.4, 0.5) is 0 Å². The zero-order chi connectivity index (χ0) is 20.6. The van der Waals surface area contributed by atoms with Crippen molar-refractivity contribution in [2.45, 2.75) is 53.6 Å². The Kier molecular flexibility index (Phi) is 10.1. The van der Waals surface area contributed by atoms with E-state index in [2.05, 4.69) is 63.6 Å². The zero-order valence-corrected chi connectivity index (χ0v) is 21.0. The number of piperidine rings is 1. The van der Waals surface area contributed by atoms with Gasteiger partial charge in [0.05, 0.1) is 5.69 Å². The van der Waals surface area contributed by atoms with Gasteiger partial charge in [-0.2, -0.15) is 0 Å². The summed E-state index contributed by atoms with van der Waals surface area (Å²) in [6, 6.07) is 8.90. The SMILES string of the molecule is CCNC(=NCc1nc(C)c(C)o1)NCC1CCN(Cc2ccc(C)cc2)CC1.I. The van der Waals surface area contributed by atoms with Crippen LogP contribution in [0.3, 0.4) is 0 Å². The first-order chi connectivity index (χ1) is 14.0. The summed E-state index contributed by atoms with van der Waals surface area (Å²) >= 11 is 0. The van der Waals surface area contributed by atoms with Gasteiger partial charge in [0, 0.05) is 19.6 Å². The van der Waals surface area contributed by atoms with Crippen molar-refractivity contribution in [1.29, 1.82) is 0 Å². The molecule has 2 heterocycles. The topological polar surface area (TPSA) is 65.7 Å². The Bertz CT molecular complexity index is 775. The minimum Gasteiger partial charge on any atom is -0.444 e. The molecule has 1 saturated heterocycles. The highest BCUT2D eigenvalue weighted by molar-refractivity contribution is 14.0. The number of halogens is 1. The summed E-state index contributed by atoms with van der Waals surface area (Å²) in [4.78, 5) is 11.6. The molecule has 6 nitrogen and oxygen atoms in total. The van der Waals surface area contributed by atoms with Gasteiger partial charge >= 0.3 is 0 Å². The highest BCUT2D eigenvalue weighted by atomic mass is 127. The molecule has 0 atom stereocenters. The molecule has 1 aromatic heterocycles. The van der Waals surface area contributed by atoms with Crippen LogP contribution in [0.5, 0.6) is 0 Å². The molecule has 166 valence electrons. The van der Waals surface area contributed by atoms with E-state index in [4.69, 9.17) is 4.42 Å². The Hall–Kier alpha value is -1.61. The number of hydrogen-bond donors (Lipinski definition) is 2. The molecular formula is C23H36IN5O. The number of aromatic nitrogens is 1. The largest absolute Gasteiger partial charge is 0.444 e. The van der Waals surface area contributed by atoms with Crippen LogP contribution in [-0.2, 0) is 13.1 Å². The van der Waals surface area contributed by atoms with Crippen molar-refractivity contribution in [2.75, 3.05) is 26.2 Å². The number of rotatable bonds is 7. The van der Waals surface area contributed by atoms with Crippen LogP contribution < -0.4 is 10.6 Å². The molecule has 1 aliphatic heterocycles. The molecule has 0 bridgehead atoms. The second kappa shape index (κ2) is 12.3. The number of nitrogens with one attached hydrogen (secondary N) is 2. The first-order valence-electron chi connectivity index (χ1n) is 10.8. The van der Waals surface area contributed by atoms with Crippen molar-refractivity contribution >= 4 is 29.9 Å². The van der Waals surface area contributed by atoms with E-state index in [9.17, 15) is 0 Å². The van der Waals surface area contributed by atoms with Gasteiger partial charge < -0.3 is 15.1 Å². The molecule has 0 saturated carbocycles. The summed E-state index contributed by atoms with van der Waals surface area (Å²) in [5.41, 5.74) is 3.67. The van der Waals surface area contributed by atoms with E-state index >= 15 is 0 Å². The smallest absolute Gasteiger partial charge is 0.216 e. The summed E-state index contributed by atoms with van der Waals surface area (Å²) in [5.74, 6) is 3.05. The first kappa shape index (κ1) is 24.7. The van der Waals surface area contributed by atoms with Crippen molar-refractivity contribution < 1.29 is 4.42 Å².